The zero-order valence-electron chi connectivity index (χ0n) is 16.8. The number of nitrogens with one attached hydrogen (secondary N) is 3. The molecule has 13 heteroatoms. The first-order chi connectivity index (χ1) is 13.9. The van der Waals surface area contributed by atoms with E-state index in [1.165, 1.54) is 0 Å². The first-order valence-electron chi connectivity index (χ1n) is 9.25. The number of amides is 3. The highest BCUT2D eigenvalue weighted by Crippen LogP contribution is 2.05. The maximum Gasteiger partial charge on any atom is 0.326 e. The first-order valence-corrected chi connectivity index (χ1v) is 9.25. The van der Waals surface area contributed by atoms with Crippen LogP contribution in [0.1, 0.15) is 33.1 Å². The van der Waals surface area contributed by atoms with Gasteiger partial charge in [-0.1, -0.05) is 13.8 Å². The summed E-state index contributed by atoms with van der Waals surface area (Å²) in [5, 5.41) is 42.9. The number of aliphatic carboxylic acids is 2. The second-order valence-corrected chi connectivity index (χ2v) is 7.06. The second kappa shape index (κ2) is 13.5. The fraction of sp³-hybridized carbons (Fsp3) is 0.706. The van der Waals surface area contributed by atoms with Crippen LogP contribution in [-0.4, -0.2) is 87.5 Å². The van der Waals surface area contributed by atoms with Gasteiger partial charge in [0, 0.05) is 6.42 Å². The summed E-state index contributed by atoms with van der Waals surface area (Å²) in [4.78, 5) is 58.2. The number of carboxylic acid groups (broad SMARTS) is 2. The number of aliphatic hydroxyl groups excluding tert-OH is 2. The van der Waals surface area contributed by atoms with Crippen molar-refractivity contribution in [2.45, 2.75) is 57.3 Å². The molecule has 0 aromatic carbocycles. The summed E-state index contributed by atoms with van der Waals surface area (Å²) in [7, 11) is 0. The molecule has 0 saturated carbocycles. The zero-order chi connectivity index (χ0) is 23.4. The minimum absolute atomic E-state index is 0.0483. The van der Waals surface area contributed by atoms with Crippen LogP contribution in [-0.2, 0) is 24.0 Å². The van der Waals surface area contributed by atoms with Gasteiger partial charge in [0.2, 0.25) is 17.7 Å². The highest BCUT2D eigenvalue weighted by atomic mass is 16.4. The van der Waals surface area contributed by atoms with Gasteiger partial charge in [-0.25, -0.2) is 4.79 Å². The molecular weight excluding hydrogens is 404 g/mol. The van der Waals surface area contributed by atoms with Gasteiger partial charge >= 0.3 is 11.9 Å². The zero-order valence-corrected chi connectivity index (χ0v) is 16.8. The molecule has 4 atom stereocenters. The standard InChI is InChI=1S/C17H30N4O9/c1-8(2)5-10(17(29)30)19-15(27)12(7-23)21-16(28)11(6-22)20-14(26)9(18)3-4-13(24)25/h8-12,22-23H,3-7,18H2,1-2H3,(H,19,27)(H,20,26)(H,21,28)(H,24,25)(H,29,30). The molecule has 0 aliphatic carbocycles. The molecule has 4 unspecified atom stereocenters. The van der Waals surface area contributed by atoms with Crippen LogP contribution in [0.25, 0.3) is 0 Å². The lowest BCUT2D eigenvalue weighted by Gasteiger charge is -2.23. The van der Waals surface area contributed by atoms with E-state index in [2.05, 4.69) is 16.0 Å². The van der Waals surface area contributed by atoms with E-state index < -0.39 is 67.0 Å². The highest BCUT2D eigenvalue weighted by molar-refractivity contribution is 5.94. The van der Waals surface area contributed by atoms with Crippen LogP contribution >= 0.6 is 0 Å². The van der Waals surface area contributed by atoms with Crippen molar-refractivity contribution in [2.24, 2.45) is 11.7 Å². The van der Waals surface area contributed by atoms with E-state index >= 15 is 0 Å². The number of carbonyl (C=O) groups excluding carboxylic acids is 3. The van der Waals surface area contributed by atoms with Gasteiger partial charge in [0.15, 0.2) is 0 Å². The Bertz CT molecular complexity index is 626. The molecule has 0 saturated heterocycles. The molecule has 0 aromatic heterocycles. The van der Waals surface area contributed by atoms with E-state index in [0.29, 0.717) is 0 Å². The molecule has 13 nitrogen and oxygen atoms in total. The number of nitrogens with two attached hydrogens (primary N) is 1. The maximum atomic E-state index is 12.2. The third-order valence-electron chi connectivity index (χ3n) is 3.96. The summed E-state index contributed by atoms with van der Waals surface area (Å²) >= 11 is 0. The molecular formula is C17H30N4O9. The van der Waals surface area contributed by atoms with Crippen molar-refractivity contribution in [3.8, 4) is 0 Å². The van der Waals surface area contributed by atoms with Crippen molar-refractivity contribution >= 4 is 29.7 Å². The lowest BCUT2D eigenvalue weighted by molar-refractivity contribution is -0.143. The van der Waals surface area contributed by atoms with Gasteiger partial charge in [-0.15, -0.1) is 0 Å². The molecule has 0 fully saturated rings. The molecule has 0 aromatic rings. The van der Waals surface area contributed by atoms with Crippen molar-refractivity contribution in [3.05, 3.63) is 0 Å². The fourth-order valence-electron chi connectivity index (χ4n) is 2.31. The number of carboxylic acids is 2. The maximum absolute atomic E-state index is 12.2. The van der Waals surface area contributed by atoms with E-state index in [-0.39, 0.29) is 25.2 Å². The van der Waals surface area contributed by atoms with E-state index in [4.69, 9.17) is 15.9 Å². The average molecular weight is 434 g/mol. The number of rotatable bonds is 14. The van der Waals surface area contributed by atoms with Crippen LogP contribution in [0.15, 0.2) is 0 Å². The Kier molecular flexibility index (Phi) is 12.2. The smallest absolute Gasteiger partial charge is 0.326 e. The predicted molar refractivity (Wildman–Crippen MR) is 102 cm³/mol. The molecule has 30 heavy (non-hydrogen) atoms. The lowest BCUT2D eigenvalue weighted by Crippen LogP contribution is -2.59. The fourth-order valence-corrected chi connectivity index (χ4v) is 2.31. The lowest BCUT2D eigenvalue weighted by atomic mass is 10.0. The molecule has 0 radical (unpaired) electrons. The molecule has 0 aliphatic rings. The summed E-state index contributed by atoms with van der Waals surface area (Å²) < 4.78 is 0. The van der Waals surface area contributed by atoms with E-state index in [1.54, 1.807) is 13.8 Å². The summed E-state index contributed by atoms with van der Waals surface area (Å²) in [6.45, 7) is 1.77. The van der Waals surface area contributed by atoms with Gasteiger partial charge in [0.25, 0.3) is 0 Å². The Morgan fingerprint density at radius 1 is 0.800 bits per heavy atom. The predicted octanol–water partition coefficient (Wildman–Crippen LogP) is -3.25. The SMILES string of the molecule is CC(C)CC(NC(=O)C(CO)NC(=O)C(CO)NC(=O)C(N)CCC(=O)O)C(=O)O. The summed E-state index contributed by atoms with van der Waals surface area (Å²) in [6, 6.07) is -5.53. The van der Waals surface area contributed by atoms with Gasteiger partial charge in [-0.05, 0) is 18.8 Å². The summed E-state index contributed by atoms with van der Waals surface area (Å²) in [6.07, 6.45) is -0.454. The number of hydrogen-bond acceptors (Lipinski definition) is 8. The minimum atomic E-state index is -1.53. The Hall–Kier alpha value is -2.77. The van der Waals surface area contributed by atoms with Gasteiger partial charge in [-0.2, -0.15) is 0 Å². The first kappa shape index (κ1) is 27.2. The Morgan fingerprint density at radius 2 is 1.23 bits per heavy atom. The van der Waals surface area contributed by atoms with E-state index in [9.17, 15) is 34.2 Å². The molecule has 0 heterocycles. The highest BCUT2D eigenvalue weighted by Gasteiger charge is 2.30. The van der Waals surface area contributed by atoms with Crippen LogP contribution in [0.5, 0.6) is 0 Å². The Morgan fingerprint density at radius 3 is 1.60 bits per heavy atom. The largest absolute Gasteiger partial charge is 0.481 e. The Labute approximate surface area is 173 Å². The molecule has 172 valence electrons. The molecule has 0 rings (SSSR count). The third-order valence-corrected chi connectivity index (χ3v) is 3.96. The number of carbonyl (C=O) groups is 5. The van der Waals surface area contributed by atoms with Gasteiger partial charge < -0.3 is 42.1 Å². The monoisotopic (exact) mass is 434 g/mol. The number of aliphatic hydroxyl groups is 2. The van der Waals surface area contributed by atoms with Gasteiger partial charge in [0.05, 0.1) is 19.3 Å². The molecule has 0 aliphatic heterocycles. The topological polar surface area (TPSA) is 228 Å². The number of hydrogen-bond donors (Lipinski definition) is 8. The summed E-state index contributed by atoms with van der Waals surface area (Å²) in [5.74, 6) is -5.37. The molecule has 0 spiro atoms. The van der Waals surface area contributed by atoms with Gasteiger partial charge in [-0.3, -0.25) is 19.2 Å². The van der Waals surface area contributed by atoms with Crippen LogP contribution in [0.4, 0.5) is 0 Å². The average Bonchev–Trinajstić information content (AvgIpc) is 2.66. The van der Waals surface area contributed by atoms with Crippen molar-refractivity contribution in [3.63, 3.8) is 0 Å². The third kappa shape index (κ3) is 10.1. The molecule has 9 N–H and O–H groups in total. The van der Waals surface area contributed by atoms with Crippen molar-refractivity contribution in [2.75, 3.05) is 13.2 Å². The molecule has 3 amide bonds. The van der Waals surface area contributed by atoms with Crippen molar-refractivity contribution in [1.29, 1.82) is 0 Å². The van der Waals surface area contributed by atoms with E-state index in [0.717, 1.165) is 0 Å². The normalized spacial score (nSPS) is 14.9. The van der Waals surface area contributed by atoms with E-state index in [1.807, 2.05) is 0 Å². The van der Waals surface area contributed by atoms with Gasteiger partial charge in [0.1, 0.15) is 18.1 Å². The minimum Gasteiger partial charge on any atom is -0.481 e. The second-order valence-electron chi connectivity index (χ2n) is 7.06. The van der Waals surface area contributed by atoms with Crippen LogP contribution in [0.3, 0.4) is 0 Å². The quantitative estimate of drug-likeness (QED) is 0.136. The Balaban J connectivity index is 4.96. The molecule has 0 bridgehead atoms. The van der Waals surface area contributed by atoms with Crippen LogP contribution < -0.4 is 21.7 Å². The van der Waals surface area contributed by atoms with Crippen molar-refractivity contribution in [1.82, 2.24) is 16.0 Å². The van der Waals surface area contributed by atoms with Crippen molar-refractivity contribution < 1.29 is 44.4 Å². The summed E-state index contributed by atoms with van der Waals surface area (Å²) in [5.41, 5.74) is 5.52. The van der Waals surface area contributed by atoms with Crippen LogP contribution in [0, 0.1) is 5.92 Å². The van der Waals surface area contributed by atoms with Crippen LogP contribution in [0.2, 0.25) is 0 Å².